The van der Waals surface area contributed by atoms with Crippen molar-refractivity contribution in [3.05, 3.63) is 27.4 Å². The molecule has 3 rings (SSSR count). The molecule has 0 saturated carbocycles. The summed E-state index contributed by atoms with van der Waals surface area (Å²) in [4.78, 5) is 19.7. The molecule has 1 aromatic rings. The van der Waals surface area contributed by atoms with Crippen molar-refractivity contribution in [2.24, 2.45) is 0 Å². The predicted octanol–water partition coefficient (Wildman–Crippen LogP) is 2.17. The number of nitrogens with one attached hydrogen (secondary N) is 1. The average molecular weight is 268 g/mol. The Morgan fingerprint density at radius 2 is 2.12 bits per heavy atom. The fourth-order valence-corrected chi connectivity index (χ4v) is 5.24. The van der Waals surface area contributed by atoms with Gasteiger partial charge >= 0.3 is 0 Å². The Morgan fingerprint density at radius 3 is 2.94 bits per heavy atom. The molecule has 2 atom stereocenters. The minimum absolute atomic E-state index is 0.103. The van der Waals surface area contributed by atoms with Crippen molar-refractivity contribution in [2.75, 3.05) is 11.5 Å². The summed E-state index contributed by atoms with van der Waals surface area (Å²) in [6, 6.07) is 0. The summed E-state index contributed by atoms with van der Waals surface area (Å²) in [6.45, 7) is 2.23. The van der Waals surface area contributed by atoms with E-state index in [1.807, 2.05) is 23.5 Å². The minimum Gasteiger partial charge on any atom is -0.309 e. The molecule has 0 radical (unpaired) electrons. The SMILES string of the molecule is CC1SCCSC1c1nc2c(c(=O)[nH]1)CCC2. The molecule has 1 aromatic heterocycles. The third-order valence-corrected chi connectivity index (χ3v) is 6.52. The molecule has 1 aliphatic carbocycles. The molecular weight excluding hydrogens is 252 g/mol. The molecule has 1 saturated heterocycles. The van der Waals surface area contributed by atoms with Crippen LogP contribution in [0.2, 0.25) is 0 Å². The van der Waals surface area contributed by atoms with E-state index in [9.17, 15) is 4.79 Å². The Balaban J connectivity index is 1.98. The number of aromatic nitrogens is 2. The maximum absolute atomic E-state index is 12.0. The average Bonchev–Trinajstić information content (AvgIpc) is 2.78. The van der Waals surface area contributed by atoms with Gasteiger partial charge < -0.3 is 4.98 Å². The standard InChI is InChI=1S/C12H16N2OS2/c1-7-10(17-6-5-16-7)11-13-9-4-2-3-8(9)12(15)14-11/h7,10H,2-6H2,1H3,(H,13,14,15). The van der Waals surface area contributed by atoms with Gasteiger partial charge in [0.15, 0.2) is 0 Å². The number of aryl methyl sites for hydroxylation is 1. The summed E-state index contributed by atoms with van der Waals surface area (Å²) in [5.41, 5.74) is 2.08. The summed E-state index contributed by atoms with van der Waals surface area (Å²) in [5, 5.41) is 0.892. The van der Waals surface area contributed by atoms with Crippen molar-refractivity contribution < 1.29 is 0 Å². The zero-order valence-electron chi connectivity index (χ0n) is 9.86. The van der Waals surface area contributed by atoms with E-state index in [4.69, 9.17) is 4.98 Å². The third kappa shape index (κ3) is 2.15. The molecule has 5 heteroatoms. The van der Waals surface area contributed by atoms with Crippen LogP contribution in [0.15, 0.2) is 4.79 Å². The molecule has 2 aliphatic rings. The molecular formula is C12H16N2OS2. The smallest absolute Gasteiger partial charge is 0.254 e. The van der Waals surface area contributed by atoms with Gasteiger partial charge in [-0.05, 0) is 19.3 Å². The van der Waals surface area contributed by atoms with Gasteiger partial charge in [0.05, 0.1) is 10.9 Å². The highest BCUT2D eigenvalue weighted by Crippen LogP contribution is 2.40. The summed E-state index contributed by atoms with van der Waals surface area (Å²) in [6.07, 6.45) is 2.96. The van der Waals surface area contributed by atoms with Crippen LogP contribution in [0.25, 0.3) is 0 Å². The molecule has 17 heavy (non-hydrogen) atoms. The highest BCUT2D eigenvalue weighted by Gasteiger charge is 2.28. The van der Waals surface area contributed by atoms with Crippen LogP contribution >= 0.6 is 23.5 Å². The summed E-state index contributed by atoms with van der Waals surface area (Å²) >= 11 is 3.90. The van der Waals surface area contributed by atoms with E-state index >= 15 is 0 Å². The second kappa shape index (κ2) is 4.69. The summed E-state index contributed by atoms with van der Waals surface area (Å²) in [5.74, 6) is 3.26. The van der Waals surface area contributed by atoms with Crippen LogP contribution in [0.5, 0.6) is 0 Å². The first-order valence-corrected chi connectivity index (χ1v) is 8.20. The lowest BCUT2D eigenvalue weighted by Gasteiger charge is -2.27. The Kier molecular flexibility index (Phi) is 3.21. The van der Waals surface area contributed by atoms with Gasteiger partial charge in [0.1, 0.15) is 5.82 Å². The molecule has 2 heterocycles. The Hall–Kier alpha value is -0.420. The molecule has 0 aromatic carbocycles. The monoisotopic (exact) mass is 268 g/mol. The molecule has 0 amide bonds. The van der Waals surface area contributed by atoms with E-state index < -0.39 is 0 Å². The van der Waals surface area contributed by atoms with Crippen molar-refractivity contribution in [1.82, 2.24) is 9.97 Å². The van der Waals surface area contributed by atoms with Crippen molar-refractivity contribution in [3.8, 4) is 0 Å². The number of aromatic amines is 1. The first-order chi connectivity index (χ1) is 8.25. The fraction of sp³-hybridized carbons (Fsp3) is 0.667. The van der Waals surface area contributed by atoms with Gasteiger partial charge in [-0.25, -0.2) is 4.98 Å². The van der Waals surface area contributed by atoms with Crippen LogP contribution in [0.1, 0.15) is 35.7 Å². The van der Waals surface area contributed by atoms with Crippen LogP contribution in [0, 0.1) is 0 Å². The van der Waals surface area contributed by atoms with Crippen LogP contribution in [-0.4, -0.2) is 26.7 Å². The number of thioether (sulfide) groups is 2. The number of hydrogen-bond acceptors (Lipinski definition) is 4. The van der Waals surface area contributed by atoms with Gasteiger partial charge in [0, 0.05) is 22.3 Å². The van der Waals surface area contributed by atoms with Gasteiger partial charge in [-0.3, -0.25) is 4.79 Å². The van der Waals surface area contributed by atoms with Crippen LogP contribution < -0.4 is 5.56 Å². The lowest BCUT2D eigenvalue weighted by atomic mass is 10.2. The van der Waals surface area contributed by atoms with E-state index in [1.54, 1.807) is 0 Å². The van der Waals surface area contributed by atoms with Gasteiger partial charge in [0.25, 0.3) is 5.56 Å². The Bertz CT molecular complexity index is 486. The number of fused-ring (bicyclic) bond motifs is 1. The van der Waals surface area contributed by atoms with Gasteiger partial charge in [-0.2, -0.15) is 11.8 Å². The topological polar surface area (TPSA) is 45.8 Å². The molecule has 92 valence electrons. The van der Waals surface area contributed by atoms with E-state index in [0.717, 1.165) is 42.1 Å². The summed E-state index contributed by atoms with van der Waals surface area (Å²) < 4.78 is 0. The quantitative estimate of drug-likeness (QED) is 0.848. The number of hydrogen-bond donors (Lipinski definition) is 1. The van der Waals surface area contributed by atoms with E-state index in [0.29, 0.717) is 10.5 Å². The molecule has 0 spiro atoms. The van der Waals surface area contributed by atoms with Gasteiger partial charge in [-0.15, -0.1) is 11.8 Å². The summed E-state index contributed by atoms with van der Waals surface area (Å²) in [7, 11) is 0. The fourth-order valence-electron chi connectivity index (χ4n) is 2.53. The van der Waals surface area contributed by atoms with Crippen LogP contribution in [0.4, 0.5) is 0 Å². The molecule has 1 fully saturated rings. The maximum atomic E-state index is 12.0. The Labute approximate surface area is 109 Å². The van der Waals surface area contributed by atoms with Crippen LogP contribution in [-0.2, 0) is 12.8 Å². The van der Waals surface area contributed by atoms with Crippen molar-refractivity contribution in [1.29, 1.82) is 0 Å². The Morgan fingerprint density at radius 1 is 1.29 bits per heavy atom. The zero-order chi connectivity index (χ0) is 11.8. The second-order valence-electron chi connectivity index (χ2n) is 4.60. The number of H-pyrrole nitrogens is 1. The van der Waals surface area contributed by atoms with Crippen molar-refractivity contribution >= 4 is 23.5 Å². The van der Waals surface area contributed by atoms with Crippen molar-refractivity contribution in [2.45, 2.75) is 36.7 Å². The molecule has 1 N–H and O–H groups in total. The van der Waals surface area contributed by atoms with E-state index in [2.05, 4.69) is 11.9 Å². The molecule has 2 unspecified atom stereocenters. The molecule has 3 nitrogen and oxygen atoms in total. The first-order valence-electron chi connectivity index (χ1n) is 6.11. The molecule has 1 aliphatic heterocycles. The predicted molar refractivity (Wildman–Crippen MR) is 74.0 cm³/mol. The minimum atomic E-state index is 0.103. The van der Waals surface area contributed by atoms with E-state index in [1.165, 1.54) is 5.75 Å². The lowest BCUT2D eigenvalue weighted by Crippen LogP contribution is -2.24. The van der Waals surface area contributed by atoms with Gasteiger partial charge in [-0.1, -0.05) is 6.92 Å². The lowest BCUT2D eigenvalue weighted by molar-refractivity contribution is 0.797. The normalized spacial score (nSPS) is 28.1. The third-order valence-electron chi connectivity index (χ3n) is 3.42. The highest BCUT2D eigenvalue weighted by molar-refractivity contribution is 8.06. The second-order valence-corrected chi connectivity index (χ2v) is 7.33. The number of rotatable bonds is 1. The number of nitrogens with zero attached hydrogens (tertiary/aromatic N) is 1. The first kappa shape index (κ1) is 11.7. The largest absolute Gasteiger partial charge is 0.309 e. The zero-order valence-corrected chi connectivity index (χ0v) is 11.5. The van der Waals surface area contributed by atoms with E-state index in [-0.39, 0.29) is 5.56 Å². The van der Waals surface area contributed by atoms with Crippen molar-refractivity contribution in [3.63, 3.8) is 0 Å². The maximum Gasteiger partial charge on any atom is 0.254 e. The van der Waals surface area contributed by atoms with Gasteiger partial charge in [0.2, 0.25) is 0 Å². The highest BCUT2D eigenvalue weighted by atomic mass is 32.2. The molecule has 0 bridgehead atoms. The van der Waals surface area contributed by atoms with Crippen LogP contribution in [0.3, 0.4) is 0 Å².